The van der Waals surface area contributed by atoms with Crippen LogP contribution in [0.3, 0.4) is 0 Å². The number of imidazole rings is 1. The topological polar surface area (TPSA) is 56.3 Å². The van der Waals surface area contributed by atoms with E-state index in [1.54, 1.807) is 7.11 Å². The van der Waals surface area contributed by atoms with Gasteiger partial charge in [0, 0.05) is 18.7 Å². The van der Waals surface area contributed by atoms with Crippen LogP contribution in [0.5, 0.6) is 5.75 Å². The Balaban J connectivity index is 1.88. The summed E-state index contributed by atoms with van der Waals surface area (Å²) < 4.78 is 7.34. The minimum atomic E-state index is 0.485. The molecule has 0 saturated carbocycles. The van der Waals surface area contributed by atoms with Crippen molar-refractivity contribution in [2.45, 2.75) is 32.4 Å². The number of nitrogens with zero attached hydrogens (tertiary/aromatic N) is 3. The molecule has 0 aliphatic carbocycles. The van der Waals surface area contributed by atoms with Gasteiger partial charge in [0.15, 0.2) is 0 Å². The molecule has 3 rings (SSSR count). The number of aromatic nitrogens is 2. The van der Waals surface area contributed by atoms with Gasteiger partial charge in [-0.25, -0.2) is 4.98 Å². The number of hydrogen-bond acceptors (Lipinski definition) is 4. The molecule has 20 heavy (non-hydrogen) atoms. The molecule has 108 valence electrons. The molecule has 0 bridgehead atoms. The average molecular weight is 274 g/mol. The Hall–Kier alpha value is -1.75. The SMILES string of the molecule is COc1ccc2c(c1)nc(N)n2CC(C)N1CCCC1. The van der Waals surface area contributed by atoms with Gasteiger partial charge in [-0.1, -0.05) is 0 Å². The lowest BCUT2D eigenvalue weighted by Gasteiger charge is -2.24. The Bertz CT molecular complexity index is 601. The molecule has 1 aliphatic heterocycles. The summed E-state index contributed by atoms with van der Waals surface area (Å²) in [5.74, 6) is 1.40. The summed E-state index contributed by atoms with van der Waals surface area (Å²) in [5.41, 5.74) is 8.06. The van der Waals surface area contributed by atoms with Crippen molar-refractivity contribution in [3.63, 3.8) is 0 Å². The molecule has 5 heteroatoms. The molecular formula is C15H22N4O. The molecule has 0 radical (unpaired) electrons. The number of anilines is 1. The standard InChI is InChI=1S/C15H22N4O/c1-11(18-7-3-4-8-18)10-19-14-6-5-12(20-2)9-13(14)17-15(19)16/h5-6,9,11H,3-4,7-8,10H2,1-2H3,(H2,16,17). The van der Waals surface area contributed by atoms with Crippen LogP contribution in [-0.4, -0.2) is 40.7 Å². The van der Waals surface area contributed by atoms with Crippen molar-refractivity contribution >= 4 is 17.0 Å². The Labute approximate surface area is 119 Å². The summed E-state index contributed by atoms with van der Waals surface area (Å²) in [5, 5.41) is 0. The number of benzene rings is 1. The second-order valence-electron chi connectivity index (χ2n) is 5.53. The van der Waals surface area contributed by atoms with Crippen LogP contribution in [-0.2, 0) is 6.54 Å². The molecule has 0 spiro atoms. The lowest BCUT2D eigenvalue weighted by Crippen LogP contribution is -2.33. The Morgan fingerprint density at radius 2 is 2.10 bits per heavy atom. The molecule has 1 aliphatic rings. The van der Waals surface area contributed by atoms with E-state index in [9.17, 15) is 0 Å². The average Bonchev–Trinajstić information content (AvgIpc) is 3.07. The van der Waals surface area contributed by atoms with E-state index >= 15 is 0 Å². The summed E-state index contributed by atoms with van der Waals surface area (Å²) in [4.78, 5) is 6.97. The van der Waals surface area contributed by atoms with Crippen LogP contribution in [0.1, 0.15) is 19.8 Å². The number of methoxy groups -OCH3 is 1. The lowest BCUT2D eigenvalue weighted by atomic mass is 10.2. The molecule has 1 saturated heterocycles. The summed E-state index contributed by atoms with van der Waals surface area (Å²) in [7, 11) is 1.66. The van der Waals surface area contributed by atoms with Gasteiger partial charge in [0.25, 0.3) is 0 Å². The van der Waals surface area contributed by atoms with E-state index in [0.717, 1.165) is 23.3 Å². The van der Waals surface area contributed by atoms with Crippen molar-refractivity contribution in [3.05, 3.63) is 18.2 Å². The maximum atomic E-state index is 6.08. The van der Waals surface area contributed by atoms with Gasteiger partial charge in [-0.3, -0.25) is 4.90 Å². The van der Waals surface area contributed by atoms with Crippen LogP contribution >= 0.6 is 0 Å². The zero-order chi connectivity index (χ0) is 14.1. The largest absolute Gasteiger partial charge is 0.497 e. The second kappa shape index (κ2) is 5.32. The van der Waals surface area contributed by atoms with Crippen molar-refractivity contribution in [1.29, 1.82) is 0 Å². The Kier molecular flexibility index (Phi) is 3.53. The highest BCUT2D eigenvalue weighted by Crippen LogP contribution is 2.24. The maximum absolute atomic E-state index is 6.08. The maximum Gasteiger partial charge on any atom is 0.201 e. The van der Waals surface area contributed by atoms with E-state index in [2.05, 4.69) is 21.4 Å². The number of rotatable bonds is 4. The van der Waals surface area contributed by atoms with Gasteiger partial charge in [0.2, 0.25) is 5.95 Å². The van der Waals surface area contributed by atoms with Crippen molar-refractivity contribution in [2.24, 2.45) is 0 Å². The highest BCUT2D eigenvalue weighted by atomic mass is 16.5. The van der Waals surface area contributed by atoms with Gasteiger partial charge in [-0.2, -0.15) is 0 Å². The van der Waals surface area contributed by atoms with E-state index < -0.39 is 0 Å². The molecule has 2 N–H and O–H groups in total. The first-order valence-corrected chi connectivity index (χ1v) is 7.23. The molecule has 5 nitrogen and oxygen atoms in total. The fourth-order valence-electron chi connectivity index (χ4n) is 3.01. The van der Waals surface area contributed by atoms with Gasteiger partial charge in [0.05, 0.1) is 18.1 Å². The normalized spacial score (nSPS) is 17.7. The van der Waals surface area contributed by atoms with Gasteiger partial charge < -0.3 is 15.0 Å². The van der Waals surface area contributed by atoms with E-state index in [1.165, 1.54) is 25.9 Å². The predicted molar refractivity (Wildman–Crippen MR) is 81.0 cm³/mol. The third-order valence-electron chi connectivity index (χ3n) is 4.20. The molecular weight excluding hydrogens is 252 g/mol. The van der Waals surface area contributed by atoms with Crippen LogP contribution in [0.4, 0.5) is 5.95 Å². The Morgan fingerprint density at radius 3 is 2.80 bits per heavy atom. The molecule has 1 fully saturated rings. The summed E-state index contributed by atoms with van der Waals surface area (Å²) in [6, 6.07) is 6.41. The van der Waals surface area contributed by atoms with E-state index in [-0.39, 0.29) is 0 Å². The van der Waals surface area contributed by atoms with Crippen molar-refractivity contribution in [3.8, 4) is 5.75 Å². The van der Waals surface area contributed by atoms with Gasteiger partial charge in [0.1, 0.15) is 5.75 Å². The van der Waals surface area contributed by atoms with Gasteiger partial charge in [-0.05, 0) is 45.0 Å². The van der Waals surface area contributed by atoms with Crippen LogP contribution in [0, 0.1) is 0 Å². The van der Waals surface area contributed by atoms with Gasteiger partial charge >= 0.3 is 0 Å². The smallest absolute Gasteiger partial charge is 0.201 e. The molecule has 1 unspecified atom stereocenters. The molecule has 2 aromatic rings. The third-order valence-corrected chi connectivity index (χ3v) is 4.20. The summed E-state index contributed by atoms with van der Waals surface area (Å²) >= 11 is 0. The number of ether oxygens (including phenoxy) is 1. The predicted octanol–water partition coefficient (Wildman–Crippen LogP) is 2.11. The van der Waals surface area contributed by atoms with Crippen molar-refractivity contribution < 1.29 is 4.74 Å². The minimum absolute atomic E-state index is 0.485. The molecule has 0 amide bonds. The van der Waals surface area contributed by atoms with Crippen LogP contribution in [0.2, 0.25) is 0 Å². The number of hydrogen-bond donors (Lipinski definition) is 1. The molecule has 1 aromatic heterocycles. The third kappa shape index (κ3) is 2.33. The lowest BCUT2D eigenvalue weighted by molar-refractivity contribution is 0.238. The highest BCUT2D eigenvalue weighted by molar-refractivity contribution is 5.79. The van der Waals surface area contributed by atoms with E-state index in [1.807, 2.05) is 18.2 Å². The number of likely N-dealkylation sites (tertiary alicyclic amines) is 1. The highest BCUT2D eigenvalue weighted by Gasteiger charge is 2.20. The van der Waals surface area contributed by atoms with Crippen LogP contribution in [0.25, 0.3) is 11.0 Å². The first-order chi connectivity index (χ1) is 9.69. The van der Waals surface area contributed by atoms with Crippen LogP contribution in [0.15, 0.2) is 18.2 Å². The fraction of sp³-hybridized carbons (Fsp3) is 0.533. The monoisotopic (exact) mass is 274 g/mol. The minimum Gasteiger partial charge on any atom is -0.497 e. The van der Waals surface area contributed by atoms with E-state index in [4.69, 9.17) is 10.5 Å². The van der Waals surface area contributed by atoms with Crippen molar-refractivity contribution in [2.75, 3.05) is 25.9 Å². The number of fused-ring (bicyclic) bond motifs is 1. The first-order valence-electron chi connectivity index (χ1n) is 7.23. The molecule has 1 aromatic carbocycles. The zero-order valence-corrected chi connectivity index (χ0v) is 12.2. The van der Waals surface area contributed by atoms with Gasteiger partial charge in [-0.15, -0.1) is 0 Å². The van der Waals surface area contributed by atoms with E-state index in [0.29, 0.717) is 12.0 Å². The first kappa shape index (κ1) is 13.2. The number of nitrogen functional groups attached to an aromatic ring is 1. The zero-order valence-electron chi connectivity index (χ0n) is 12.2. The summed E-state index contributed by atoms with van der Waals surface area (Å²) in [6.45, 7) is 5.54. The second-order valence-corrected chi connectivity index (χ2v) is 5.53. The molecule has 2 heterocycles. The summed E-state index contributed by atoms with van der Waals surface area (Å²) in [6.07, 6.45) is 2.61. The Morgan fingerprint density at radius 1 is 1.35 bits per heavy atom. The van der Waals surface area contributed by atoms with Crippen molar-refractivity contribution in [1.82, 2.24) is 14.5 Å². The molecule has 1 atom stereocenters. The fourth-order valence-corrected chi connectivity index (χ4v) is 3.01. The quantitative estimate of drug-likeness (QED) is 0.927. The van der Waals surface area contributed by atoms with Crippen LogP contribution < -0.4 is 10.5 Å². The number of nitrogens with two attached hydrogens (primary N) is 1.